The van der Waals surface area contributed by atoms with E-state index in [4.69, 9.17) is 0 Å². The van der Waals surface area contributed by atoms with Crippen LogP contribution in [-0.4, -0.2) is 5.11 Å². The summed E-state index contributed by atoms with van der Waals surface area (Å²) in [6.45, 7) is 0. The van der Waals surface area contributed by atoms with Gasteiger partial charge in [0.1, 0.15) is 5.75 Å². The van der Waals surface area contributed by atoms with Crippen molar-refractivity contribution in [1.29, 1.82) is 0 Å². The molecule has 3 aromatic rings. The minimum absolute atomic E-state index is 0.0569. The zero-order valence-corrected chi connectivity index (χ0v) is 10.3. The van der Waals surface area contributed by atoms with Gasteiger partial charge in [0, 0.05) is 16.3 Å². The van der Waals surface area contributed by atoms with E-state index in [0.29, 0.717) is 10.1 Å². The first kappa shape index (κ1) is 11.0. The molecular formula is C15H10O2S. The van der Waals surface area contributed by atoms with E-state index in [1.165, 1.54) is 11.3 Å². The van der Waals surface area contributed by atoms with Crippen molar-refractivity contribution in [2.24, 2.45) is 0 Å². The fraction of sp³-hybridized carbons (Fsp3) is 0. The maximum Gasteiger partial charge on any atom is 0.188 e. The quantitative estimate of drug-likeness (QED) is 0.720. The van der Waals surface area contributed by atoms with Crippen LogP contribution >= 0.6 is 11.3 Å². The molecule has 2 aromatic carbocycles. The number of aromatic hydroxyl groups is 1. The van der Waals surface area contributed by atoms with Crippen LogP contribution in [0.2, 0.25) is 0 Å². The molecule has 1 aromatic heterocycles. The molecule has 1 N–H and O–H groups in total. The number of hydrogen-bond donors (Lipinski definition) is 1. The smallest absolute Gasteiger partial charge is 0.188 e. The molecule has 1 heterocycles. The number of phenolic OH excluding ortho intramolecular Hbond substituents is 1. The van der Waals surface area contributed by atoms with Gasteiger partial charge < -0.3 is 5.11 Å². The Hall–Kier alpha value is -2.13. The van der Waals surface area contributed by atoms with E-state index < -0.39 is 0 Å². The largest absolute Gasteiger partial charge is 0.506 e. The van der Waals surface area contributed by atoms with Gasteiger partial charge in [-0.3, -0.25) is 4.79 Å². The first-order valence-corrected chi connectivity index (χ1v) is 6.38. The maximum atomic E-state index is 12.0. The van der Waals surface area contributed by atoms with Crippen LogP contribution in [0, 0.1) is 0 Å². The van der Waals surface area contributed by atoms with Crippen LogP contribution in [0.3, 0.4) is 0 Å². The monoisotopic (exact) mass is 254 g/mol. The molecule has 0 unspecified atom stereocenters. The molecule has 88 valence electrons. The second-order valence-corrected chi connectivity index (χ2v) is 5.05. The van der Waals surface area contributed by atoms with E-state index in [2.05, 4.69) is 0 Å². The van der Waals surface area contributed by atoms with Crippen molar-refractivity contribution in [2.75, 3.05) is 0 Å². The van der Waals surface area contributed by atoms with E-state index in [9.17, 15) is 9.90 Å². The van der Waals surface area contributed by atoms with Gasteiger partial charge >= 0.3 is 0 Å². The van der Waals surface area contributed by atoms with Crippen LogP contribution in [-0.2, 0) is 0 Å². The summed E-state index contributed by atoms with van der Waals surface area (Å²) in [5.41, 5.74) is 0.934. The van der Waals surface area contributed by atoms with Gasteiger partial charge in [0.05, 0.1) is 4.70 Å². The molecule has 0 fully saturated rings. The Kier molecular flexibility index (Phi) is 2.61. The molecule has 0 aliphatic heterocycles. The van der Waals surface area contributed by atoms with Crippen LogP contribution in [0.5, 0.6) is 5.75 Å². The van der Waals surface area contributed by atoms with Crippen molar-refractivity contribution < 1.29 is 5.11 Å². The fourth-order valence-corrected chi connectivity index (χ4v) is 3.00. The van der Waals surface area contributed by atoms with Crippen molar-refractivity contribution in [3.05, 3.63) is 64.8 Å². The van der Waals surface area contributed by atoms with Gasteiger partial charge in [0.25, 0.3) is 0 Å². The van der Waals surface area contributed by atoms with Crippen LogP contribution in [0.4, 0.5) is 0 Å². The zero-order chi connectivity index (χ0) is 12.5. The lowest BCUT2D eigenvalue weighted by Gasteiger charge is -2.03. The predicted octanol–water partition coefficient (Wildman–Crippen LogP) is 3.63. The fourth-order valence-electron chi connectivity index (χ4n) is 1.91. The highest BCUT2D eigenvalue weighted by Crippen LogP contribution is 2.32. The average Bonchev–Trinajstić information content (AvgIpc) is 2.41. The van der Waals surface area contributed by atoms with Crippen LogP contribution in [0.15, 0.2) is 59.4 Å². The van der Waals surface area contributed by atoms with Gasteiger partial charge in [-0.15, -0.1) is 11.3 Å². The van der Waals surface area contributed by atoms with Gasteiger partial charge in [-0.2, -0.15) is 0 Å². The van der Waals surface area contributed by atoms with Crippen LogP contribution in [0.1, 0.15) is 0 Å². The van der Waals surface area contributed by atoms with Gasteiger partial charge in [0.15, 0.2) is 5.43 Å². The lowest BCUT2D eigenvalue weighted by Crippen LogP contribution is -1.98. The van der Waals surface area contributed by atoms with Crippen molar-refractivity contribution in [3.8, 4) is 16.2 Å². The highest BCUT2D eigenvalue weighted by atomic mass is 32.1. The number of rotatable bonds is 1. The second kappa shape index (κ2) is 4.27. The number of phenols is 1. The molecule has 0 saturated carbocycles. The number of hydrogen-bond acceptors (Lipinski definition) is 3. The topological polar surface area (TPSA) is 37.3 Å². The summed E-state index contributed by atoms with van der Waals surface area (Å²) >= 11 is 1.43. The summed E-state index contributed by atoms with van der Waals surface area (Å²) in [5, 5.41) is 10.4. The van der Waals surface area contributed by atoms with Crippen molar-refractivity contribution >= 4 is 21.4 Å². The standard InChI is InChI=1S/C15H10O2S/c16-12-8-4-7-11-13(17)9-14(18-15(11)12)10-5-2-1-3-6-10/h1-9,16H. The Labute approximate surface area is 108 Å². The highest BCUT2D eigenvalue weighted by Gasteiger charge is 2.07. The van der Waals surface area contributed by atoms with Gasteiger partial charge in [-0.25, -0.2) is 0 Å². The Balaban J connectivity index is 2.34. The molecule has 0 spiro atoms. The van der Waals surface area contributed by atoms with Gasteiger partial charge in [0.2, 0.25) is 0 Å². The lowest BCUT2D eigenvalue weighted by atomic mass is 10.1. The molecule has 0 aliphatic rings. The summed E-state index contributed by atoms with van der Waals surface area (Å²) in [6.07, 6.45) is 0. The third-order valence-corrected chi connectivity index (χ3v) is 4.00. The molecule has 2 nitrogen and oxygen atoms in total. The summed E-state index contributed by atoms with van der Waals surface area (Å²) in [4.78, 5) is 12.9. The maximum absolute atomic E-state index is 12.0. The van der Waals surface area contributed by atoms with Crippen LogP contribution in [0.25, 0.3) is 20.5 Å². The highest BCUT2D eigenvalue weighted by molar-refractivity contribution is 7.21. The Morgan fingerprint density at radius 2 is 1.72 bits per heavy atom. The zero-order valence-electron chi connectivity index (χ0n) is 9.46. The minimum atomic E-state index is -0.0569. The van der Waals surface area contributed by atoms with Crippen molar-refractivity contribution in [3.63, 3.8) is 0 Å². The summed E-state index contributed by atoms with van der Waals surface area (Å²) in [7, 11) is 0. The Morgan fingerprint density at radius 3 is 2.50 bits per heavy atom. The normalized spacial score (nSPS) is 10.7. The first-order valence-electron chi connectivity index (χ1n) is 5.57. The van der Waals surface area contributed by atoms with Gasteiger partial charge in [-0.05, 0) is 17.7 Å². The summed E-state index contributed by atoms with van der Waals surface area (Å²) < 4.78 is 0.642. The Bertz CT molecular complexity index is 760. The third-order valence-electron chi connectivity index (χ3n) is 2.79. The van der Waals surface area contributed by atoms with Crippen molar-refractivity contribution in [1.82, 2.24) is 0 Å². The summed E-state index contributed by atoms with van der Waals surface area (Å²) in [6, 6.07) is 16.4. The van der Waals surface area contributed by atoms with Crippen molar-refractivity contribution in [2.45, 2.75) is 0 Å². The molecule has 0 radical (unpaired) electrons. The van der Waals surface area contributed by atoms with E-state index in [1.807, 2.05) is 30.3 Å². The number of fused-ring (bicyclic) bond motifs is 1. The molecular weight excluding hydrogens is 244 g/mol. The molecule has 3 rings (SSSR count). The SMILES string of the molecule is O=c1cc(-c2ccccc2)sc2c(O)cccc12. The molecule has 0 aliphatic carbocycles. The van der Waals surface area contributed by atoms with Gasteiger partial charge in [-0.1, -0.05) is 36.4 Å². The lowest BCUT2D eigenvalue weighted by molar-refractivity contribution is 0.482. The predicted molar refractivity (Wildman–Crippen MR) is 75.2 cm³/mol. The third kappa shape index (κ3) is 1.79. The summed E-state index contributed by atoms with van der Waals surface area (Å²) in [5.74, 6) is 0.160. The van der Waals surface area contributed by atoms with E-state index in [1.54, 1.807) is 24.3 Å². The molecule has 0 atom stereocenters. The molecule has 0 bridgehead atoms. The molecule has 18 heavy (non-hydrogen) atoms. The minimum Gasteiger partial charge on any atom is -0.506 e. The van der Waals surface area contributed by atoms with Crippen LogP contribution < -0.4 is 5.43 Å². The van der Waals surface area contributed by atoms with E-state index in [-0.39, 0.29) is 11.2 Å². The molecule has 0 saturated heterocycles. The number of benzene rings is 2. The van der Waals surface area contributed by atoms with E-state index in [0.717, 1.165) is 10.4 Å². The second-order valence-electron chi connectivity index (χ2n) is 3.99. The molecule has 3 heteroatoms. The Morgan fingerprint density at radius 1 is 0.944 bits per heavy atom. The average molecular weight is 254 g/mol. The first-order chi connectivity index (χ1) is 8.75. The molecule has 0 amide bonds. The van der Waals surface area contributed by atoms with E-state index >= 15 is 0 Å².